The molecule has 1 fully saturated rings. The Labute approximate surface area is 118 Å². The first-order valence-electron chi connectivity index (χ1n) is 6.64. The van der Waals surface area contributed by atoms with Crippen LogP contribution in [0, 0.1) is 0 Å². The van der Waals surface area contributed by atoms with Crippen LogP contribution < -0.4 is 0 Å². The van der Waals surface area contributed by atoms with E-state index in [4.69, 9.17) is 25.5 Å². The second kappa shape index (κ2) is 6.27. The lowest BCUT2D eigenvalue weighted by atomic mass is 9.96. The maximum absolute atomic E-state index is 6.19. The number of alkyl halides is 1. The summed E-state index contributed by atoms with van der Waals surface area (Å²) in [4.78, 5) is 0. The molecule has 0 saturated carbocycles. The van der Waals surface area contributed by atoms with E-state index in [2.05, 4.69) is 41.7 Å². The lowest BCUT2D eigenvalue weighted by Crippen LogP contribution is -2.44. The average molecular weight is 293 g/mol. The topological polar surface area (TPSA) is 27.7 Å². The third-order valence-corrected chi connectivity index (χ3v) is 8.70. The van der Waals surface area contributed by atoms with Gasteiger partial charge in [-0.3, -0.25) is 0 Å². The van der Waals surface area contributed by atoms with Crippen molar-refractivity contribution in [3.05, 3.63) is 0 Å². The summed E-state index contributed by atoms with van der Waals surface area (Å²) in [6.07, 6.45) is 0.994. The van der Waals surface area contributed by atoms with Crippen LogP contribution in [0.2, 0.25) is 18.1 Å². The fourth-order valence-corrected chi connectivity index (χ4v) is 3.01. The summed E-state index contributed by atoms with van der Waals surface area (Å²) in [7, 11) is 0.351. The standard InChI is InChI=1S/C12H26BClO3Si/c1-12(2,3)18(4,5)16-7-10-9(15-8-14)6-11(13)17-10/h9-11H,6-8,13H2,1-5H3/t9?,10-,11-/m1/s1. The Morgan fingerprint density at radius 2 is 2.00 bits per heavy atom. The first kappa shape index (κ1) is 16.5. The molecule has 1 unspecified atom stereocenters. The van der Waals surface area contributed by atoms with Crippen molar-refractivity contribution in [1.29, 1.82) is 0 Å². The number of ether oxygens (including phenoxy) is 2. The van der Waals surface area contributed by atoms with E-state index in [1.54, 1.807) is 0 Å². The molecule has 0 spiro atoms. The maximum Gasteiger partial charge on any atom is 0.192 e. The fourth-order valence-electron chi connectivity index (χ4n) is 1.83. The van der Waals surface area contributed by atoms with E-state index in [9.17, 15) is 0 Å². The SMILES string of the molecule is B[C@H]1CC(OCCl)[C@@H](CO[Si](C)(C)C(C)(C)C)O1. The van der Waals surface area contributed by atoms with Crippen LogP contribution in [0.5, 0.6) is 0 Å². The van der Waals surface area contributed by atoms with Gasteiger partial charge in [0.15, 0.2) is 8.32 Å². The van der Waals surface area contributed by atoms with E-state index in [0.29, 0.717) is 6.61 Å². The van der Waals surface area contributed by atoms with Crippen LogP contribution in [-0.2, 0) is 13.9 Å². The minimum atomic E-state index is -1.72. The molecule has 0 aromatic carbocycles. The van der Waals surface area contributed by atoms with Gasteiger partial charge in [-0.15, -0.1) is 0 Å². The van der Waals surface area contributed by atoms with Gasteiger partial charge in [-0.2, -0.15) is 0 Å². The number of halogens is 1. The summed E-state index contributed by atoms with van der Waals surface area (Å²) in [6, 6.07) is 0.448. The van der Waals surface area contributed by atoms with E-state index < -0.39 is 8.32 Å². The van der Waals surface area contributed by atoms with E-state index in [1.807, 2.05) is 0 Å². The largest absolute Gasteiger partial charge is 0.414 e. The van der Waals surface area contributed by atoms with Gasteiger partial charge < -0.3 is 13.9 Å². The Kier molecular flexibility index (Phi) is 5.75. The first-order valence-corrected chi connectivity index (χ1v) is 10.1. The van der Waals surface area contributed by atoms with Gasteiger partial charge in [-0.05, 0) is 24.6 Å². The molecule has 1 rings (SSSR count). The molecule has 0 bridgehead atoms. The Morgan fingerprint density at radius 1 is 1.39 bits per heavy atom. The van der Waals surface area contributed by atoms with Crippen LogP contribution in [0.4, 0.5) is 0 Å². The second-order valence-electron chi connectivity index (χ2n) is 6.61. The van der Waals surface area contributed by atoms with Crippen molar-refractivity contribution >= 4 is 27.8 Å². The summed E-state index contributed by atoms with van der Waals surface area (Å²) < 4.78 is 17.6. The molecule has 0 amide bonds. The highest BCUT2D eigenvalue weighted by molar-refractivity contribution is 6.74. The highest BCUT2D eigenvalue weighted by Gasteiger charge is 2.40. The van der Waals surface area contributed by atoms with Gasteiger partial charge in [0.1, 0.15) is 20.0 Å². The summed E-state index contributed by atoms with van der Waals surface area (Å²) in [5, 5.41) is 0.222. The molecule has 3 nitrogen and oxygen atoms in total. The predicted molar refractivity (Wildman–Crippen MR) is 80.6 cm³/mol. The predicted octanol–water partition coefficient (Wildman–Crippen LogP) is 2.34. The molecular weight excluding hydrogens is 266 g/mol. The van der Waals surface area contributed by atoms with Crippen molar-refractivity contribution < 1.29 is 13.9 Å². The number of rotatable bonds is 5. The molecule has 0 N–H and O–H groups in total. The van der Waals surface area contributed by atoms with Crippen LogP contribution in [-0.4, -0.2) is 47.0 Å². The highest BCUT2D eigenvalue weighted by atomic mass is 35.5. The highest BCUT2D eigenvalue weighted by Crippen LogP contribution is 2.37. The molecule has 106 valence electrons. The molecule has 6 heteroatoms. The third kappa shape index (κ3) is 4.24. The minimum Gasteiger partial charge on any atom is -0.414 e. The second-order valence-corrected chi connectivity index (χ2v) is 11.6. The van der Waals surface area contributed by atoms with Gasteiger partial charge in [-0.25, -0.2) is 0 Å². The summed E-state index contributed by atoms with van der Waals surface area (Å²) in [6.45, 7) is 11.8. The van der Waals surface area contributed by atoms with Gasteiger partial charge in [0.2, 0.25) is 0 Å². The van der Waals surface area contributed by atoms with Crippen LogP contribution in [0.3, 0.4) is 0 Å². The number of hydrogen-bond donors (Lipinski definition) is 0. The zero-order chi connectivity index (χ0) is 14.0. The molecule has 18 heavy (non-hydrogen) atoms. The van der Waals surface area contributed by atoms with Gasteiger partial charge in [0, 0.05) is 6.00 Å². The van der Waals surface area contributed by atoms with E-state index in [1.165, 1.54) is 0 Å². The molecular formula is C12H26BClO3Si. The van der Waals surface area contributed by atoms with Gasteiger partial charge in [0.25, 0.3) is 0 Å². The van der Waals surface area contributed by atoms with Crippen LogP contribution in [0.15, 0.2) is 0 Å². The maximum atomic E-state index is 6.19. The molecule has 1 saturated heterocycles. The minimum absolute atomic E-state index is 0.0212. The molecule has 0 aromatic heterocycles. The summed E-state index contributed by atoms with van der Waals surface area (Å²) in [5.41, 5.74) is 0. The van der Waals surface area contributed by atoms with Gasteiger partial charge in [-0.1, -0.05) is 32.4 Å². The van der Waals surface area contributed by atoms with Crippen molar-refractivity contribution in [2.75, 3.05) is 12.7 Å². The monoisotopic (exact) mass is 292 g/mol. The van der Waals surface area contributed by atoms with Crippen molar-refractivity contribution in [2.45, 2.75) is 63.5 Å². The van der Waals surface area contributed by atoms with E-state index in [-0.39, 0.29) is 29.3 Å². The Morgan fingerprint density at radius 3 is 2.50 bits per heavy atom. The quantitative estimate of drug-likeness (QED) is 0.575. The fraction of sp³-hybridized carbons (Fsp3) is 1.00. The number of hydrogen-bond acceptors (Lipinski definition) is 3. The Hall–Kier alpha value is 0.452. The van der Waals surface area contributed by atoms with Crippen molar-refractivity contribution in [3.8, 4) is 0 Å². The molecule has 1 heterocycles. The lowest BCUT2D eigenvalue weighted by Gasteiger charge is -2.37. The molecule has 3 atom stereocenters. The smallest absolute Gasteiger partial charge is 0.192 e. The Balaban J connectivity index is 2.52. The van der Waals surface area contributed by atoms with Gasteiger partial charge in [0.05, 0.1) is 12.7 Å². The van der Waals surface area contributed by atoms with Crippen LogP contribution >= 0.6 is 11.6 Å². The normalized spacial score (nSPS) is 29.8. The molecule has 0 aliphatic carbocycles. The summed E-state index contributed by atoms with van der Waals surface area (Å²) >= 11 is 5.65. The van der Waals surface area contributed by atoms with Crippen molar-refractivity contribution in [3.63, 3.8) is 0 Å². The Bertz CT molecular complexity index is 271. The molecule has 0 aromatic rings. The van der Waals surface area contributed by atoms with E-state index >= 15 is 0 Å². The molecule has 1 aliphatic heterocycles. The zero-order valence-corrected chi connectivity index (χ0v) is 14.2. The van der Waals surface area contributed by atoms with Crippen LogP contribution in [0.25, 0.3) is 0 Å². The molecule has 0 radical (unpaired) electrons. The first-order chi connectivity index (χ1) is 8.17. The van der Waals surface area contributed by atoms with Gasteiger partial charge >= 0.3 is 0 Å². The van der Waals surface area contributed by atoms with Crippen LogP contribution in [0.1, 0.15) is 27.2 Å². The zero-order valence-electron chi connectivity index (χ0n) is 12.5. The third-order valence-electron chi connectivity index (χ3n) is 4.08. The average Bonchev–Trinajstić information content (AvgIpc) is 2.55. The van der Waals surface area contributed by atoms with E-state index in [0.717, 1.165) is 6.42 Å². The lowest BCUT2D eigenvalue weighted by molar-refractivity contribution is -0.0225. The van der Waals surface area contributed by atoms with Crippen molar-refractivity contribution in [2.24, 2.45) is 0 Å². The molecule has 1 aliphatic rings. The summed E-state index contributed by atoms with van der Waals surface area (Å²) in [5.74, 6) is 0. The van der Waals surface area contributed by atoms with Crippen molar-refractivity contribution in [1.82, 2.24) is 0 Å².